The van der Waals surface area contributed by atoms with Crippen molar-refractivity contribution in [3.05, 3.63) is 60.2 Å². The summed E-state index contributed by atoms with van der Waals surface area (Å²) in [6, 6.07) is 13.5. The van der Waals surface area contributed by atoms with E-state index in [1.807, 2.05) is 0 Å². The van der Waals surface area contributed by atoms with Gasteiger partial charge in [-0.15, -0.1) is 0 Å². The first-order valence-corrected chi connectivity index (χ1v) is 9.96. The van der Waals surface area contributed by atoms with Gasteiger partial charge >= 0.3 is 11.9 Å². The molecule has 0 bridgehead atoms. The summed E-state index contributed by atoms with van der Waals surface area (Å²) < 4.78 is 35.2. The smallest absolute Gasteiger partial charge is 0.371 e. The number of carbonyl (C=O) groups excluding carboxylic acids is 2. The zero-order chi connectivity index (χ0) is 20.6. The molecule has 148 valence electrons. The van der Waals surface area contributed by atoms with Crippen molar-refractivity contribution < 1.29 is 27.5 Å². The van der Waals surface area contributed by atoms with E-state index in [0.717, 1.165) is 0 Å². The SMILES string of the molecule is CCOC(=O)/C(=N/Nc1ccc(C(=O)OCC)cc1)S(=O)(=O)c1ccccc1. The van der Waals surface area contributed by atoms with Gasteiger partial charge in [-0.3, -0.25) is 5.43 Å². The van der Waals surface area contributed by atoms with Crippen LogP contribution in [-0.2, 0) is 24.1 Å². The molecule has 0 spiro atoms. The lowest BCUT2D eigenvalue weighted by Crippen LogP contribution is -2.28. The van der Waals surface area contributed by atoms with Crippen molar-refractivity contribution in [3.8, 4) is 0 Å². The van der Waals surface area contributed by atoms with E-state index in [1.165, 1.54) is 48.5 Å². The second-order valence-corrected chi connectivity index (χ2v) is 7.23. The molecule has 0 fully saturated rings. The standard InChI is InChI=1S/C19H20N2O6S/c1-3-26-18(22)14-10-12-15(13-11-14)20-21-17(19(23)27-4-2)28(24,25)16-8-6-5-7-9-16/h5-13,20H,3-4H2,1-2H3/b21-17-. The Bertz CT molecular complexity index is 954. The highest BCUT2D eigenvalue weighted by molar-refractivity contribution is 8.08. The molecule has 2 rings (SSSR count). The molecule has 8 nitrogen and oxygen atoms in total. The van der Waals surface area contributed by atoms with Crippen molar-refractivity contribution in [2.24, 2.45) is 5.10 Å². The van der Waals surface area contributed by atoms with Gasteiger partial charge in [-0.25, -0.2) is 18.0 Å². The van der Waals surface area contributed by atoms with Crippen LogP contribution in [0.4, 0.5) is 5.69 Å². The van der Waals surface area contributed by atoms with Crippen LogP contribution in [0.25, 0.3) is 0 Å². The fraction of sp³-hybridized carbons (Fsp3) is 0.211. The van der Waals surface area contributed by atoms with E-state index in [4.69, 9.17) is 9.47 Å². The summed E-state index contributed by atoms with van der Waals surface area (Å²) in [5.41, 5.74) is 3.22. The average molecular weight is 404 g/mol. The number of nitrogens with one attached hydrogen (secondary N) is 1. The molecule has 0 unspecified atom stereocenters. The van der Waals surface area contributed by atoms with E-state index >= 15 is 0 Å². The maximum absolute atomic E-state index is 12.8. The Balaban J connectivity index is 2.31. The third-order valence-corrected chi connectivity index (χ3v) is 5.10. The molecule has 0 aromatic heterocycles. The summed E-state index contributed by atoms with van der Waals surface area (Å²) in [6.45, 7) is 3.51. The van der Waals surface area contributed by atoms with Gasteiger partial charge in [0.15, 0.2) is 0 Å². The first kappa shape index (κ1) is 21.1. The highest BCUT2D eigenvalue weighted by atomic mass is 32.2. The summed E-state index contributed by atoms with van der Waals surface area (Å²) in [4.78, 5) is 23.7. The first-order valence-electron chi connectivity index (χ1n) is 8.48. The summed E-state index contributed by atoms with van der Waals surface area (Å²) in [6.07, 6.45) is 0. The highest BCUT2D eigenvalue weighted by Gasteiger charge is 2.30. The molecule has 0 aliphatic carbocycles. The van der Waals surface area contributed by atoms with Gasteiger partial charge in [-0.05, 0) is 50.2 Å². The van der Waals surface area contributed by atoms with Crippen molar-refractivity contribution in [1.82, 2.24) is 0 Å². The van der Waals surface area contributed by atoms with E-state index in [-0.39, 0.29) is 18.1 Å². The van der Waals surface area contributed by atoms with Crippen LogP contribution in [0.1, 0.15) is 24.2 Å². The lowest BCUT2D eigenvalue weighted by Gasteiger charge is -2.09. The molecule has 0 saturated heterocycles. The van der Waals surface area contributed by atoms with Crippen LogP contribution in [0.3, 0.4) is 0 Å². The second kappa shape index (κ2) is 9.65. The first-order chi connectivity index (χ1) is 13.4. The van der Waals surface area contributed by atoms with Crippen LogP contribution >= 0.6 is 0 Å². The number of hydrogen-bond donors (Lipinski definition) is 1. The molecule has 0 amide bonds. The number of hydrazone groups is 1. The summed E-state index contributed by atoms with van der Waals surface area (Å²) in [5.74, 6) is -1.54. The third-order valence-electron chi connectivity index (χ3n) is 3.44. The molecule has 0 atom stereocenters. The zero-order valence-corrected chi connectivity index (χ0v) is 16.2. The van der Waals surface area contributed by atoms with Crippen LogP contribution in [0, 0.1) is 0 Å². The van der Waals surface area contributed by atoms with Crippen molar-refractivity contribution in [2.45, 2.75) is 18.7 Å². The third kappa shape index (κ3) is 5.17. The Hall–Kier alpha value is -3.20. The Kier molecular flexibility index (Phi) is 7.28. The largest absolute Gasteiger partial charge is 0.462 e. The van der Waals surface area contributed by atoms with Crippen molar-refractivity contribution >= 4 is 32.5 Å². The molecule has 0 aliphatic rings. The Morgan fingerprint density at radius 1 is 0.929 bits per heavy atom. The normalized spacial score (nSPS) is 11.6. The topological polar surface area (TPSA) is 111 Å². The summed E-state index contributed by atoms with van der Waals surface area (Å²) in [5, 5.41) is 2.99. The van der Waals surface area contributed by atoms with Crippen molar-refractivity contribution in [3.63, 3.8) is 0 Å². The summed E-state index contributed by atoms with van der Waals surface area (Å²) in [7, 11) is -4.18. The molecule has 0 heterocycles. The fourth-order valence-electron chi connectivity index (χ4n) is 2.13. The molecule has 0 radical (unpaired) electrons. The van der Waals surface area contributed by atoms with Gasteiger partial charge in [-0.2, -0.15) is 5.10 Å². The molecule has 2 aromatic rings. The minimum atomic E-state index is -4.18. The second-order valence-electron chi connectivity index (χ2n) is 5.36. The van der Waals surface area contributed by atoms with Crippen molar-refractivity contribution in [2.75, 3.05) is 18.6 Å². The Morgan fingerprint density at radius 2 is 1.54 bits per heavy atom. The number of ether oxygens (including phenoxy) is 2. The number of sulfone groups is 1. The molecule has 0 aliphatic heterocycles. The van der Waals surface area contributed by atoms with Gasteiger partial charge in [0.25, 0.3) is 5.04 Å². The quantitative estimate of drug-likeness (QED) is 0.341. The number of rotatable bonds is 6. The van der Waals surface area contributed by atoms with Crippen LogP contribution < -0.4 is 5.43 Å². The summed E-state index contributed by atoms with van der Waals surface area (Å²) >= 11 is 0. The van der Waals surface area contributed by atoms with Crippen LogP contribution in [-0.4, -0.2) is 38.6 Å². The monoisotopic (exact) mass is 404 g/mol. The van der Waals surface area contributed by atoms with Crippen LogP contribution in [0.15, 0.2) is 64.6 Å². The van der Waals surface area contributed by atoms with Gasteiger partial charge in [0, 0.05) is 0 Å². The molecule has 0 saturated carbocycles. The lowest BCUT2D eigenvalue weighted by atomic mass is 10.2. The van der Waals surface area contributed by atoms with E-state index < -0.39 is 26.8 Å². The predicted molar refractivity (Wildman–Crippen MR) is 104 cm³/mol. The van der Waals surface area contributed by atoms with Crippen LogP contribution in [0.5, 0.6) is 0 Å². The molecular formula is C19H20N2O6S. The van der Waals surface area contributed by atoms with E-state index in [9.17, 15) is 18.0 Å². The predicted octanol–water partition coefficient (Wildman–Crippen LogP) is 2.63. The Labute approximate surface area is 163 Å². The highest BCUT2D eigenvalue weighted by Crippen LogP contribution is 2.15. The average Bonchev–Trinajstić information content (AvgIpc) is 2.69. The zero-order valence-electron chi connectivity index (χ0n) is 15.4. The van der Waals surface area contributed by atoms with E-state index in [2.05, 4.69) is 10.5 Å². The number of benzene rings is 2. The number of anilines is 1. The number of esters is 2. The van der Waals surface area contributed by atoms with Gasteiger partial charge < -0.3 is 9.47 Å². The maximum atomic E-state index is 12.8. The van der Waals surface area contributed by atoms with Gasteiger partial charge in [0.2, 0.25) is 9.84 Å². The molecule has 2 aromatic carbocycles. The number of nitrogens with zero attached hydrogens (tertiary/aromatic N) is 1. The van der Waals surface area contributed by atoms with Gasteiger partial charge in [0.05, 0.1) is 29.4 Å². The Morgan fingerprint density at radius 3 is 2.11 bits per heavy atom. The van der Waals surface area contributed by atoms with Crippen molar-refractivity contribution in [1.29, 1.82) is 0 Å². The number of carbonyl (C=O) groups is 2. The van der Waals surface area contributed by atoms with Gasteiger partial charge in [0.1, 0.15) is 0 Å². The molecular weight excluding hydrogens is 384 g/mol. The molecule has 9 heteroatoms. The number of hydrogen-bond acceptors (Lipinski definition) is 8. The molecule has 28 heavy (non-hydrogen) atoms. The van der Waals surface area contributed by atoms with Crippen LogP contribution in [0.2, 0.25) is 0 Å². The fourth-order valence-corrected chi connectivity index (χ4v) is 3.31. The van der Waals surface area contributed by atoms with E-state index in [1.54, 1.807) is 19.9 Å². The lowest BCUT2D eigenvalue weighted by molar-refractivity contribution is -0.134. The molecule has 1 N–H and O–H groups in total. The van der Waals surface area contributed by atoms with Gasteiger partial charge in [-0.1, -0.05) is 18.2 Å². The maximum Gasteiger partial charge on any atom is 0.371 e. The minimum Gasteiger partial charge on any atom is -0.462 e. The van der Waals surface area contributed by atoms with E-state index in [0.29, 0.717) is 11.3 Å². The minimum absolute atomic E-state index is 0.00357.